The predicted octanol–water partition coefficient (Wildman–Crippen LogP) is 1.50. The Bertz CT molecular complexity index is 612. The number of nitrogens with one attached hydrogen (secondary N) is 2. The van der Waals surface area contributed by atoms with Crippen LogP contribution >= 0.6 is 0 Å². The monoisotopic (exact) mass is 393 g/mol. The summed E-state index contributed by atoms with van der Waals surface area (Å²) < 4.78 is 10.7. The van der Waals surface area contributed by atoms with E-state index in [1.54, 1.807) is 20.8 Å². The maximum Gasteiger partial charge on any atom is 0.426 e. The molecule has 1 aliphatic heterocycles. The first-order chi connectivity index (χ1) is 13.3. The molecular weight excluding hydrogens is 362 g/mol. The first kappa shape index (κ1) is 22.1. The molecule has 2 N–H and O–H groups in total. The number of carbonyl (C=O) groups is 2. The van der Waals surface area contributed by atoms with Crippen molar-refractivity contribution in [3.8, 4) is 0 Å². The minimum atomic E-state index is -0.799. The summed E-state index contributed by atoms with van der Waals surface area (Å²) >= 11 is 0. The highest BCUT2D eigenvalue weighted by atomic mass is 16.7. The molecule has 2 rings (SSSR count). The minimum absolute atomic E-state index is 0.344. The van der Waals surface area contributed by atoms with Crippen molar-refractivity contribution in [2.45, 2.75) is 38.8 Å². The van der Waals surface area contributed by atoms with Gasteiger partial charge in [0, 0.05) is 32.6 Å². The van der Waals surface area contributed by atoms with Crippen molar-refractivity contribution in [1.29, 1.82) is 0 Å². The molecule has 1 atom stereocenters. The van der Waals surface area contributed by atoms with Crippen molar-refractivity contribution in [2.24, 2.45) is 0 Å². The van der Waals surface area contributed by atoms with E-state index < -0.39 is 23.7 Å². The van der Waals surface area contributed by atoms with E-state index in [9.17, 15) is 9.59 Å². The smallest absolute Gasteiger partial charge is 0.426 e. The van der Waals surface area contributed by atoms with E-state index in [4.69, 9.17) is 14.3 Å². The van der Waals surface area contributed by atoms with Crippen LogP contribution in [0.5, 0.6) is 0 Å². The van der Waals surface area contributed by atoms with Gasteiger partial charge in [-0.15, -0.1) is 5.48 Å². The Morgan fingerprint density at radius 1 is 1.18 bits per heavy atom. The number of morpholine rings is 1. The quantitative estimate of drug-likeness (QED) is 0.511. The topological polar surface area (TPSA) is 89.1 Å². The SMILES string of the molecule is CC(C)(C)OC(=O)[C@H](Cc1ccccc1)NOC(=O)NCCN1CCOCC1. The lowest BCUT2D eigenvalue weighted by Gasteiger charge is -2.26. The molecule has 1 fully saturated rings. The van der Waals surface area contributed by atoms with Gasteiger partial charge in [0.25, 0.3) is 0 Å². The van der Waals surface area contributed by atoms with Gasteiger partial charge in [-0.2, -0.15) is 0 Å². The van der Waals surface area contributed by atoms with Gasteiger partial charge in [-0.3, -0.25) is 9.69 Å². The van der Waals surface area contributed by atoms with Crippen LogP contribution in [0.4, 0.5) is 4.79 Å². The third-order valence-electron chi connectivity index (χ3n) is 4.07. The number of nitrogens with zero attached hydrogens (tertiary/aromatic N) is 1. The van der Waals surface area contributed by atoms with Gasteiger partial charge < -0.3 is 19.6 Å². The standard InChI is InChI=1S/C20H31N3O5/c1-20(2,3)27-18(24)17(15-16-7-5-4-6-8-16)22-28-19(25)21-9-10-23-11-13-26-14-12-23/h4-8,17,22H,9-15H2,1-3H3,(H,21,25)/t17-/m0/s1. The lowest BCUT2D eigenvalue weighted by atomic mass is 10.1. The summed E-state index contributed by atoms with van der Waals surface area (Å²) in [5.74, 6) is -0.475. The Morgan fingerprint density at radius 3 is 2.50 bits per heavy atom. The summed E-state index contributed by atoms with van der Waals surface area (Å²) in [6.45, 7) is 9.69. The Kier molecular flexibility index (Phi) is 8.69. The van der Waals surface area contributed by atoms with E-state index >= 15 is 0 Å². The molecule has 0 radical (unpaired) electrons. The molecule has 28 heavy (non-hydrogen) atoms. The fourth-order valence-corrected chi connectivity index (χ4v) is 2.70. The fourth-order valence-electron chi connectivity index (χ4n) is 2.70. The molecule has 0 spiro atoms. The Labute approximate surface area is 166 Å². The molecule has 1 heterocycles. The summed E-state index contributed by atoms with van der Waals surface area (Å²) in [7, 11) is 0. The lowest BCUT2D eigenvalue weighted by Crippen LogP contribution is -2.46. The molecule has 0 bridgehead atoms. The van der Waals surface area contributed by atoms with Gasteiger partial charge in [0.2, 0.25) is 0 Å². The van der Waals surface area contributed by atoms with E-state index in [0.717, 1.165) is 25.2 Å². The van der Waals surface area contributed by atoms with Crippen LogP contribution in [-0.4, -0.2) is 68.0 Å². The van der Waals surface area contributed by atoms with Crippen LogP contribution in [0.15, 0.2) is 30.3 Å². The zero-order valence-corrected chi connectivity index (χ0v) is 16.9. The molecule has 1 aromatic rings. The summed E-state index contributed by atoms with van der Waals surface area (Å²) in [6, 6.07) is 8.69. The summed E-state index contributed by atoms with van der Waals surface area (Å²) in [5.41, 5.74) is 2.86. The first-order valence-corrected chi connectivity index (χ1v) is 9.60. The highest BCUT2D eigenvalue weighted by Gasteiger charge is 2.26. The highest BCUT2D eigenvalue weighted by Crippen LogP contribution is 2.11. The number of ether oxygens (including phenoxy) is 2. The van der Waals surface area contributed by atoms with Crippen LogP contribution in [0.1, 0.15) is 26.3 Å². The van der Waals surface area contributed by atoms with Crippen LogP contribution in [0.2, 0.25) is 0 Å². The highest BCUT2D eigenvalue weighted by molar-refractivity contribution is 5.77. The van der Waals surface area contributed by atoms with Gasteiger partial charge in [0.05, 0.1) is 13.2 Å². The Morgan fingerprint density at radius 2 is 1.86 bits per heavy atom. The van der Waals surface area contributed by atoms with Crippen molar-refractivity contribution in [3.05, 3.63) is 35.9 Å². The second kappa shape index (κ2) is 11.0. The fraction of sp³-hybridized carbons (Fsp3) is 0.600. The maximum absolute atomic E-state index is 12.5. The normalized spacial score (nSPS) is 16.2. The number of hydroxylamine groups is 1. The van der Waals surface area contributed by atoms with Crippen LogP contribution < -0.4 is 10.8 Å². The van der Waals surface area contributed by atoms with Crippen molar-refractivity contribution in [3.63, 3.8) is 0 Å². The maximum atomic E-state index is 12.5. The van der Waals surface area contributed by atoms with E-state index in [-0.39, 0.29) is 0 Å². The summed E-state index contributed by atoms with van der Waals surface area (Å²) in [6.07, 6.45) is -0.286. The van der Waals surface area contributed by atoms with E-state index in [2.05, 4.69) is 15.7 Å². The summed E-state index contributed by atoms with van der Waals surface area (Å²) in [4.78, 5) is 31.7. The zero-order chi connectivity index (χ0) is 20.4. The lowest BCUT2D eigenvalue weighted by molar-refractivity contribution is -0.160. The third kappa shape index (κ3) is 8.69. The molecule has 1 aromatic carbocycles. The molecular formula is C20H31N3O5. The molecule has 0 saturated carbocycles. The van der Waals surface area contributed by atoms with Crippen molar-refractivity contribution >= 4 is 12.1 Å². The predicted molar refractivity (Wildman–Crippen MR) is 105 cm³/mol. The Balaban J connectivity index is 1.81. The molecule has 0 aromatic heterocycles. The minimum Gasteiger partial charge on any atom is -0.459 e. The van der Waals surface area contributed by atoms with Crippen molar-refractivity contribution in [1.82, 2.24) is 15.7 Å². The van der Waals surface area contributed by atoms with Crippen LogP contribution in [0.3, 0.4) is 0 Å². The number of esters is 1. The largest absolute Gasteiger partial charge is 0.459 e. The van der Waals surface area contributed by atoms with E-state index in [0.29, 0.717) is 26.2 Å². The van der Waals surface area contributed by atoms with Crippen LogP contribution in [-0.2, 0) is 25.5 Å². The van der Waals surface area contributed by atoms with Gasteiger partial charge in [-0.1, -0.05) is 30.3 Å². The van der Waals surface area contributed by atoms with Crippen LogP contribution in [0, 0.1) is 0 Å². The van der Waals surface area contributed by atoms with Gasteiger partial charge >= 0.3 is 12.1 Å². The van der Waals surface area contributed by atoms with E-state index in [1.165, 1.54) is 0 Å². The number of rotatable bonds is 8. The second-order valence-corrected chi connectivity index (χ2v) is 7.66. The third-order valence-corrected chi connectivity index (χ3v) is 4.07. The number of carbonyl (C=O) groups excluding carboxylic acids is 2. The molecule has 1 amide bonds. The molecule has 0 unspecified atom stereocenters. The zero-order valence-electron chi connectivity index (χ0n) is 16.9. The second-order valence-electron chi connectivity index (χ2n) is 7.66. The van der Waals surface area contributed by atoms with Gasteiger partial charge in [0.1, 0.15) is 11.6 Å². The molecule has 156 valence electrons. The molecule has 1 saturated heterocycles. The van der Waals surface area contributed by atoms with Crippen molar-refractivity contribution in [2.75, 3.05) is 39.4 Å². The molecule has 0 aliphatic carbocycles. The van der Waals surface area contributed by atoms with Gasteiger partial charge in [0.15, 0.2) is 0 Å². The number of benzene rings is 1. The summed E-state index contributed by atoms with van der Waals surface area (Å²) in [5, 5.41) is 2.68. The molecule has 8 heteroatoms. The van der Waals surface area contributed by atoms with E-state index in [1.807, 2.05) is 30.3 Å². The molecule has 8 nitrogen and oxygen atoms in total. The number of hydrogen-bond acceptors (Lipinski definition) is 7. The average Bonchev–Trinajstić information content (AvgIpc) is 2.65. The first-order valence-electron chi connectivity index (χ1n) is 9.60. The number of hydrogen-bond donors (Lipinski definition) is 2. The van der Waals surface area contributed by atoms with Gasteiger partial charge in [-0.05, 0) is 26.3 Å². The van der Waals surface area contributed by atoms with Gasteiger partial charge in [-0.25, -0.2) is 4.79 Å². The Hall–Kier alpha value is -2.16. The van der Waals surface area contributed by atoms with Crippen LogP contribution in [0.25, 0.3) is 0 Å². The van der Waals surface area contributed by atoms with Crippen molar-refractivity contribution < 1.29 is 23.9 Å². The average molecular weight is 393 g/mol. The molecule has 1 aliphatic rings. The number of amides is 1.